The first kappa shape index (κ1) is 38.5. The molecule has 60 heavy (non-hydrogen) atoms. The van der Waals surface area contributed by atoms with Crippen LogP contribution in [0.5, 0.6) is 28.7 Å². The molecule has 5 aromatic carbocycles. The van der Waals surface area contributed by atoms with Crippen molar-refractivity contribution in [3.63, 3.8) is 0 Å². The van der Waals surface area contributed by atoms with Gasteiger partial charge in [0.25, 0.3) is 11.4 Å². The summed E-state index contributed by atoms with van der Waals surface area (Å²) in [6, 6.07) is 28.2. The molecule has 0 bridgehead atoms. The largest absolute Gasteiger partial charge is 0.497 e. The Morgan fingerprint density at radius 2 is 1.08 bits per heavy atom. The average molecular weight is 809 g/mol. The van der Waals surface area contributed by atoms with Crippen LogP contribution in [0.4, 0.5) is 22.7 Å². The van der Waals surface area contributed by atoms with Crippen LogP contribution < -0.4 is 33.5 Å². The van der Waals surface area contributed by atoms with Crippen LogP contribution in [0.3, 0.4) is 0 Å². The van der Waals surface area contributed by atoms with E-state index in [1.807, 2.05) is 48.6 Å². The maximum Gasteiger partial charge on any atom is 0.274 e. The lowest BCUT2D eigenvalue weighted by molar-refractivity contribution is -0.385. The molecule has 13 nitrogen and oxygen atoms in total. The zero-order valence-corrected chi connectivity index (χ0v) is 34.3. The van der Waals surface area contributed by atoms with Crippen LogP contribution >= 0.6 is 0 Å². The minimum absolute atomic E-state index is 0.00197. The van der Waals surface area contributed by atoms with E-state index in [9.17, 15) is 20.2 Å². The molecule has 0 radical (unpaired) electrons. The molecule has 13 heteroatoms. The number of nitro benzene ring substituents is 2. The second-order valence-corrected chi connectivity index (χ2v) is 16.6. The number of benzene rings is 5. The van der Waals surface area contributed by atoms with Crippen LogP contribution in [0.1, 0.15) is 61.1 Å². The number of nitrogens with zero attached hydrogens (tertiary/aromatic N) is 4. The van der Waals surface area contributed by atoms with Crippen LogP contribution in [-0.2, 0) is 23.9 Å². The molecule has 4 heterocycles. The molecule has 0 amide bonds. The molecular weight excluding hydrogens is 765 g/mol. The lowest BCUT2D eigenvalue weighted by Crippen LogP contribution is -2.59. The summed E-state index contributed by atoms with van der Waals surface area (Å²) >= 11 is 0. The molecule has 2 spiro atoms. The highest BCUT2D eigenvalue weighted by Crippen LogP contribution is 2.59. The number of hydrogen-bond donors (Lipinski definition) is 0. The smallest absolute Gasteiger partial charge is 0.274 e. The van der Waals surface area contributed by atoms with Crippen molar-refractivity contribution >= 4 is 34.9 Å². The first-order chi connectivity index (χ1) is 28.7. The summed E-state index contributed by atoms with van der Waals surface area (Å²) < 4.78 is 31.0. The van der Waals surface area contributed by atoms with E-state index in [0.29, 0.717) is 35.7 Å². The summed E-state index contributed by atoms with van der Waals surface area (Å²) in [5.41, 5.74) is 4.04. The Balaban J connectivity index is 1.07. The third kappa shape index (κ3) is 5.51. The van der Waals surface area contributed by atoms with Crippen molar-refractivity contribution in [2.75, 3.05) is 31.1 Å². The highest BCUT2D eigenvalue weighted by molar-refractivity contribution is 5.77. The Morgan fingerprint density at radius 1 is 0.583 bits per heavy atom. The third-order valence-corrected chi connectivity index (χ3v) is 12.8. The zero-order valence-electron chi connectivity index (χ0n) is 34.3. The van der Waals surface area contributed by atoms with Crippen molar-refractivity contribution in [2.24, 2.45) is 0 Å². The number of hydrogen-bond acceptors (Lipinski definition) is 11. The summed E-state index contributed by atoms with van der Waals surface area (Å²) in [4.78, 5) is 27.0. The lowest BCUT2D eigenvalue weighted by atomic mass is 9.76. The Hall–Kier alpha value is -7.02. The molecular formula is C47H44N4O9. The molecule has 2 atom stereocenters. The number of methoxy groups -OCH3 is 3. The molecule has 306 valence electrons. The van der Waals surface area contributed by atoms with Crippen LogP contribution in [0.2, 0.25) is 0 Å². The maximum atomic E-state index is 11.8. The van der Waals surface area contributed by atoms with Crippen molar-refractivity contribution in [1.29, 1.82) is 0 Å². The SMILES string of the molecule is COc1ccc2c(c1)C(C)(C)C1(C=Cc3cc([N+](=O)[O-])ccc3O1)N2Cc1ccc(CN2c3ccc(OC)cc3C(C)(C)C23C=Cc2cc([N+](=O)[O-])cc(OC)c2O3)cc1. The van der Waals surface area contributed by atoms with Gasteiger partial charge < -0.3 is 33.5 Å². The van der Waals surface area contributed by atoms with E-state index in [-0.39, 0.29) is 17.1 Å². The molecule has 4 aliphatic rings. The Kier molecular flexibility index (Phi) is 8.67. The molecule has 0 saturated carbocycles. The number of fused-ring (bicyclic) bond motifs is 4. The molecule has 5 aromatic rings. The van der Waals surface area contributed by atoms with Gasteiger partial charge in [-0.1, -0.05) is 24.3 Å². The van der Waals surface area contributed by atoms with Crippen molar-refractivity contribution in [2.45, 2.75) is 63.1 Å². The summed E-state index contributed by atoms with van der Waals surface area (Å²) in [6.45, 7) is 9.51. The molecule has 4 aliphatic heterocycles. The van der Waals surface area contributed by atoms with Gasteiger partial charge in [0.1, 0.15) is 17.2 Å². The summed E-state index contributed by atoms with van der Waals surface area (Å²) in [7, 11) is 4.78. The van der Waals surface area contributed by atoms with Crippen LogP contribution in [0, 0.1) is 20.2 Å². The minimum Gasteiger partial charge on any atom is -0.497 e. The second-order valence-electron chi connectivity index (χ2n) is 16.6. The van der Waals surface area contributed by atoms with E-state index in [1.54, 1.807) is 20.3 Å². The first-order valence-electron chi connectivity index (χ1n) is 19.6. The highest BCUT2D eigenvalue weighted by Gasteiger charge is 2.60. The van der Waals surface area contributed by atoms with E-state index in [4.69, 9.17) is 23.7 Å². The number of nitro groups is 2. The normalized spacial score (nSPS) is 20.8. The van der Waals surface area contributed by atoms with Gasteiger partial charge in [0.05, 0.1) is 48.1 Å². The molecule has 0 aliphatic carbocycles. The number of non-ortho nitro benzene ring substituents is 2. The van der Waals surface area contributed by atoms with Gasteiger partial charge in [-0.3, -0.25) is 20.2 Å². The number of anilines is 2. The van der Waals surface area contributed by atoms with Crippen LogP contribution in [0.25, 0.3) is 12.2 Å². The molecule has 2 unspecified atom stereocenters. The standard InChI is InChI=1S/C47H44N4O9/c1-44(2)37-25-35(56-5)13-15-39(37)48(46(44)20-18-31-22-33(50(52)53)12-17-41(31)59-46)27-29-8-10-30(11-9-29)28-49-40-16-14-36(57-6)26-38(40)45(3,4)47(49)21-19-32-23-34(51(54)55)24-42(58-7)43(32)60-47/h8-26H,27-28H2,1-7H3. The van der Waals surface area contributed by atoms with E-state index in [2.05, 4.69) is 73.9 Å². The molecule has 0 fully saturated rings. The second kappa shape index (κ2) is 13.5. The number of rotatable bonds is 9. The monoisotopic (exact) mass is 808 g/mol. The third-order valence-electron chi connectivity index (χ3n) is 12.8. The molecule has 0 N–H and O–H groups in total. The summed E-state index contributed by atoms with van der Waals surface area (Å²) in [5.74, 6) is 2.73. The van der Waals surface area contributed by atoms with E-state index < -0.39 is 32.1 Å². The zero-order chi connectivity index (χ0) is 42.4. The summed E-state index contributed by atoms with van der Waals surface area (Å²) in [5, 5.41) is 23.4. The van der Waals surface area contributed by atoms with Crippen molar-refractivity contribution in [3.05, 3.63) is 157 Å². The van der Waals surface area contributed by atoms with Crippen LogP contribution in [0.15, 0.2) is 103 Å². The number of ether oxygens (including phenoxy) is 5. The summed E-state index contributed by atoms with van der Waals surface area (Å²) in [6.07, 6.45) is 7.82. The Labute approximate surface area is 347 Å². The lowest BCUT2D eigenvalue weighted by Gasteiger charge is -2.47. The maximum absolute atomic E-state index is 11.8. The first-order valence-corrected chi connectivity index (χ1v) is 19.6. The van der Waals surface area contributed by atoms with Crippen molar-refractivity contribution in [3.8, 4) is 28.7 Å². The predicted octanol–water partition coefficient (Wildman–Crippen LogP) is 9.73. The topological polar surface area (TPSA) is 139 Å². The van der Waals surface area contributed by atoms with Gasteiger partial charge >= 0.3 is 0 Å². The van der Waals surface area contributed by atoms with Gasteiger partial charge in [0, 0.05) is 53.8 Å². The molecule has 9 rings (SSSR count). The average Bonchev–Trinajstić information content (AvgIpc) is 3.53. The Bertz CT molecular complexity index is 2670. The fraction of sp³-hybridized carbons (Fsp3) is 0.277. The van der Waals surface area contributed by atoms with Gasteiger partial charge in [0.15, 0.2) is 11.5 Å². The van der Waals surface area contributed by atoms with Gasteiger partial charge in [-0.05, 0) is 117 Å². The van der Waals surface area contributed by atoms with Crippen LogP contribution in [-0.4, -0.2) is 42.6 Å². The van der Waals surface area contributed by atoms with Gasteiger partial charge in [-0.25, -0.2) is 0 Å². The quantitative estimate of drug-likeness (QED) is 0.104. The van der Waals surface area contributed by atoms with E-state index in [0.717, 1.165) is 45.1 Å². The predicted molar refractivity (Wildman–Crippen MR) is 228 cm³/mol. The fourth-order valence-corrected chi connectivity index (χ4v) is 9.43. The minimum atomic E-state index is -1.05. The van der Waals surface area contributed by atoms with Gasteiger partial charge in [0.2, 0.25) is 11.4 Å². The Morgan fingerprint density at radius 3 is 1.58 bits per heavy atom. The molecule has 0 saturated heterocycles. The van der Waals surface area contributed by atoms with Crippen molar-refractivity contribution in [1.82, 2.24) is 0 Å². The van der Waals surface area contributed by atoms with Crippen molar-refractivity contribution < 1.29 is 33.5 Å². The highest BCUT2D eigenvalue weighted by atomic mass is 16.6. The molecule has 0 aromatic heterocycles. The fourth-order valence-electron chi connectivity index (χ4n) is 9.43. The van der Waals surface area contributed by atoms with Gasteiger partial charge in [-0.2, -0.15) is 0 Å². The van der Waals surface area contributed by atoms with E-state index in [1.165, 1.54) is 31.4 Å². The van der Waals surface area contributed by atoms with E-state index >= 15 is 0 Å². The van der Waals surface area contributed by atoms with Gasteiger partial charge in [-0.15, -0.1) is 0 Å².